The molecule has 0 aliphatic rings. The Kier molecular flexibility index (Phi) is 7.28. The second kappa shape index (κ2) is 9.68. The summed E-state index contributed by atoms with van der Waals surface area (Å²) in [5, 5.41) is 11.6. The molecule has 0 saturated carbocycles. The minimum atomic E-state index is -0.952. The lowest BCUT2D eigenvalue weighted by Gasteiger charge is -2.11. The summed E-state index contributed by atoms with van der Waals surface area (Å²) in [6.07, 6.45) is 0.922. The molecular formula is C18H21NO5S. The van der Waals surface area contributed by atoms with Crippen molar-refractivity contribution in [2.75, 3.05) is 13.2 Å². The van der Waals surface area contributed by atoms with Gasteiger partial charge >= 0.3 is 5.97 Å². The number of carbonyl (C=O) groups is 2. The summed E-state index contributed by atoms with van der Waals surface area (Å²) in [5.41, 5.74) is 0. The number of carboxylic acid groups (broad SMARTS) is 1. The van der Waals surface area contributed by atoms with Crippen LogP contribution in [0.2, 0.25) is 0 Å². The van der Waals surface area contributed by atoms with E-state index < -0.39 is 5.97 Å². The third-order valence-corrected chi connectivity index (χ3v) is 4.36. The quantitative estimate of drug-likeness (QED) is 0.633. The number of carbonyl (C=O) groups excluding carboxylic acids is 1. The zero-order valence-corrected chi connectivity index (χ0v) is 14.8. The van der Waals surface area contributed by atoms with E-state index in [1.807, 2.05) is 31.2 Å². The van der Waals surface area contributed by atoms with Crippen molar-refractivity contribution in [1.82, 2.24) is 5.32 Å². The van der Waals surface area contributed by atoms with Crippen molar-refractivity contribution in [1.29, 1.82) is 0 Å². The summed E-state index contributed by atoms with van der Waals surface area (Å²) < 4.78 is 11.1. The van der Waals surface area contributed by atoms with Crippen molar-refractivity contribution in [3.05, 3.63) is 46.2 Å². The minimum absolute atomic E-state index is 0.0908. The van der Waals surface area contributed by atoms with Gasteiger partial charge in [0.05, 0.1) is 19.8 Å². The van der Waals surface area contributed by atoms with Crippen LogP contribution in [0.3, 0.4) is 0 Å². The number of para-hydroxylation sites is 2. The van der Waals surface area contributed by atoms with E-state index in [-0.39, 0.29) is 10.8 Å². The molecule has 134 valence electrons. The van der Waals surface area contributed by atoms with Gasteiger partial charge in [0.2, 0.25) is 5.91 Å². The number of nitrogens with one attached hydrogen (secondary N) is 1. The number of ether oxygens (including phenoxy) is 2. The molecule has 1 aromatic carbocycles. The number of aromatic carboxylic acids is 1. The molecule has 7 heteroatoms. The number of thiophene rings is 1. The zero-order chi connectivity index (χ0) is 18.1. The number of hydrogen-bond donors (Lipinski definition) is 2. The van der Waals surface area contributed by atoms with E-state index in [4.69, 9.17) is 14.6 Å². The number of hydrogen-bond acceptors (Lipinski definition) is 5. The average Bonchev–Trinajstić information content (AvgIpc) is 3.08. The van der Waals surface area contributed by atoms with Crippen LogP contribution < -0.4 is 14.8 Å². The van der Waals surface area contributed by atoms with Crippen LogP contribution in [-0.2, 0) is 11.3 Å². The lowest BCUT2D eigenvalue weighted by Crippen LogP contribution is -2.22. The van der Waals surface area contributed by atoms with Crippen molar-refractivity contribution in [2.24, 2.45) is 0 Å². The Hall–Kier alpha value is -2.54. The second-order valence-corrected chi connectivity index (χ2v) is 6.35. The van der Waals surface area contributed by atoms with Gasteiger partial charge in [-0.25, -0.2) is 4.79 Å². The van der Waals surface area contributed by atoms with Crippen molar-refractivity contribution in [3.8, 4) is 11.5 Å². The molecule has 25 heavy (non-hydrogen) atoms. The first-order chi connectivity index (χ1) is 12.1. The highest BCUT2D eigenvalue weighted by Crippen LogP contribution is 2.26. The fraction of sp³-hybridized carbons (Fsp3) is 0.333. The Bertz CT molecular complexity index is 713. The average molecular weight is 363 g/mol. The standard InChI is InChI=1S/C18H21NO5S/c1-2-23-14-6-3-4-7-15(14)24-11-5-8-17(20)19-12-13-9-10-16(25-13)18(21)22/h3-4,6-7,9-10H,2,5,8,11-12H2,1H3,(H,19,20)(H,21,22). The first-order valence-electron chi connectivity index (χ1n) is 8.03. The Morgan fingerprint density at radius 1 is 1.12 bits per heavy atom. The molecule has 2 N–H and O–H groups in total. The maximum Gasteiger partial charge on any atom is 0.345 e. The van der Waals surface area contributed by atoms with Gasteiger partial charge in [0.15, 0.2) is 11.5 Å². The van der Waals surface area contributed by atoms with Crippen molar-refractivity contribution in [3.63, 3.8) is 0 Å². The maximum atomic E-state index is 11.8. The molecule has 0 saturated heterocycles. The largest absolute Gasteiger partial charge is 0.490 e. The minimum Gasteiger partial charge on any atom is -0.490 e. The van der Waals surface area contributed by atoms with Crippen LogP contribution in [0.4, 0.5) is 0 Å². The Labute approximate surface area is 150 Å². The molecule has 0 aliphatic heterocycles. The van der Waals surface area contributed by atoms with Gasteiger partial charge in [-0.15, -0.1) is 11.3 Å². The molecule has 0 atom stereocenters. The van der Waals surface area contributed by atoms with E-state index >= 15 is 0 Å². The number of rotatable bonds is 10. The molecule has 2 rings (SSSR count). The summed E-state index contributed by atoms with van der Waals surface area (Å²) in [4.78, 5) is 23.7. The maximum absolute atomic E-state index is 11.8. The molecule has 0 aliphatic carbocycles. The van der Waals surface area contributed by atoms with E-state index in [2.05, 4.69) is 5.32 Å². The molecule has 1 aromatic heterocycles. The van der Waals surface area contributed by atoms with Crippen LogP contribution >= 0.6 is 11.3 Å². The van der Waals surface area contributed by atoms with Crippen LogP contribution in [0.1, 0.15) is 34.3 Å². The number of carboxylic acids is 1. The molecule has 0 unspecified atom stereocenters. The van der Waals surface area contributed by atoms with E-state index in [1.165, 1.54) is 6.07 Å². The summed E-state index contributed by atoms with van der Waals surface area (Å²) in [5.74, 6) is 0.324. The van der Waals surface area contributed by atoms with Gasteiger partial charge in [-0.3, -0.25) is 4.79 Å². The van der Waals surface area contributed by atoms with Gasteiger partial charge in [-0.05, 0) is 37.6 Å². The van der Waals surface area contributed by atoms with Crippen molar-refractivity contribution < 1.29 is 24.2 Å². The SMILES string of the molecule is CCOc1ccccc1OCCCC(=O)NCc1ccc(C(=O)O)s1. The molecule has 1 heterocycles. The highest BCUT2D eigenvalue weighted by Gasteiger charge is 2.08. The molecular weight excluding hydrogens is 342 g/mol. The highest BCUT2D eigenvalue weighted by molar-refractivity contribution is 7.13. The normalized spacial score (nSPS) is 10.3. The van der Waals surface area contributed by atoms with Crippen molar-refractivity contribution in [2.45, 2.75) is 26.3 Å². The molecule has 0 bridgehead atoms. The third kappa shape index (κ3) is 6.11. The topological polar surface area (TPSA) is 84.9 Å². The zero-order valence-electron chi connectivity index (χ0n) is 14.0. The number of benzene rings is 1. The first kappa shape index (κ1) is 18.8. The van der Waals surface area contributed by atoms with Gasteiger partial charge in [0.1, 0.15) is 4.88 Å². The molecule has 0 fully saturated rings. The predicted molar refractivity (Wildman–Crippen MR) is 95.5 cm³/mol. The smallest absolute Gasteiger partial charge is 0.345 e. The lowest BCUT2D eigenvalue weighted by molar-refractivity contribution is -0.121. The summed E-state index contributed by atoms with van der Waals surface area (Å²) in [6, 6.07) is 10.7. The molecule has 0 spiro atoms. The van der Waals surface area contributed by atoms with Crippen LogP contribution in [0, 0.1) is 0 Å². The Balaban J connectivity index is 1.67. The lowest BCUT2D eigenvalue weighted by atomic mass is 10.3. The molecule has 6 nitrogen and oxygen atoms in total. The van der Waals surface area contributed by atoms with Gasteiger partial charge < -0.3 is 19.9 Å². The monoisotopic (exact) mass is 363 g/mol. The van der Waals surface area contributed by atoms with E-state index in [9.17, 15) is 9.59 Å². The van der Waals surface area contributed by atoms with Gasteiger partial charge in [-0.2, -0.15) is 0 Å². The first-order valence-corrected chi connectivity index (χ1v) is 8.85. The predicted octanol–water partition coefficient (Wildman–Crippen LogP) is 3.32. The molecule has 0 radical (unpaired) electrons. The third-order valence-electron chi connectivity index (χ3n) is 3.29. The van der Waals surface area contributed by atoms with Crippen LogP contribution in [0.15, 0.2) is 36.4 Å². The fourth-order valence-electron chi connectivity index (χ4n) is 2.12. The second-order valence-electron chi connectivity index (χ2n) is 5.18. The summed E-state index contributed by atoms with van der Waals surface area (Å²) >= 11 is 1.16. The van der Waals surface area contributed by atoms with E-state index in [0.29, 0.717) is 44.1 Å². The van der Waals surface area contributed by atoms with Crippen LogP contribution in [0.25, 0.3) is 0 Å². The summed E-state index contributed by atoms with van der Waals surface area (Å²) in [6.45, 7) is 3.23. The van der Waals surface area contributed by atoms with Crippen LogP contribution in [0.5, 0.6) is 11.5 Å². The fourth-order valence-corrected chi connectivity index (χ4v) is 2.91. The van der Waals surface area contributed by atoms with E-state index in [0.717, 1.165) is 16.2 Å². The van der Waals surface area contributed by atoms with Crippen molar-refractivity contribution >= 4 is 23.2 Å². The molecule has 2 aromatic rings. The van der Waals surface area contributed by atoms with Gasteiger partial charge in [0.25, 0.3) is 0 Å². The van der Waals surface area contributed by atoms with Gasteiger partial charge in [-0.1, -0.05) is 12.1 Å². The van der Waals surface area contributed by atoms with Gasteiger partial charge in [0, 0.05) is 11.3 Å². The molecule has 1 amide bonds. The van der Waals surface area contributed by atoms with E-state index in [1.54, 1.807) is 6.07 Å². The Morgan fingerprint density at radius 2 is 1.84 bits per heavy atom. The Morgan fingerprint density at radius 3 is 2.48 bits per heavy atom. The summed E-state index contributed by atoms with van der Waals surface area (Å²) in [7, 11) is 0. The number of amides is 1. The van der Waals surface area contributed by atoms with Crippen LogP contribution in [-0.4, -0.2) is 30.2 Å². The highest BCUT2D eigenvalue weighted by atomic mass is 32.1.